The highest BCUT2D eigenvalue weighted by molar-refractivity contribution is 5.66. The van der Waals surface area contributed by atoms with Gasteiger partial charge in [-0.15, -0.1) is 0 Å². The average Bonchev–Trinajstić information content (AvgIpc) is 2.27. The molecule has 0 aromatic carbocycles. The summed E-state index contributed by atoms with van der Waals surface area (Å²) >= 11 is 0. The predicted octanol–water partition coefficient (Wildman–Crippen LogP) is 0.739. The molecule has 1 heterocycles. The Morgan fingerprint density at radius 2 is 2.12 bits per heavy atom. The summed E-state index contributed by atoms with van der Waals surface area (Å²) in [4.78, 5) is 16.2. The lowest BCUT2D eigenvalue weighted by molar-refractivity contribution is -0.137. The van der Waals surface area contributed by atoms with Gasteiger partial charge in [-0.05, 0) is 31.2 Å². The summed E-state index contributed by atoms with van der Waals surface area (Å²) in [7, 11) is 1.89. The maximum atomic E-state index is 10.3. The SMILES string of the molecule is CN(Cc1ccncc1)CC(O)CCC(=O)O. The number of hydrogen-bond donors (Lipinski definition) is 2. The molecule has 2 N–H and O–H groups in total. The van der Waals surface area contributed by atoms with E-state index in [1.165, 1.54) is 0 Å². The molecule has 0 aliphatic carbocycles. The van der Waals surface area contributed by atoms with Crippen LogP contribution in [0.15, 0.2) is 24.5 Å². The van der Waals surface area contributed by atoms with Crippen molar-refractivity contribution in [3.63, 3.8) is 0 Å². The number of aliphatic hydroxyl groups excluding tert-OH is 1. The smallest absolute Gasteiger partial charge is 0.303 e. The van der Waals surface area contributed by atoms with E-state index in [4.69, 9.17) is 5.11 Å². The molecule has 0 fully saturated rings. The first-order valence-corrected chi connectivity index (χ1v) is 5.55. The van der Waals surface area contributed by atoms with Crippen molar-refractivity contribution in [2.75, 3.05) is 13.6 Å². The van der Waals surface area contributed by atoms with Crippen LogP contribution in [-0.4, -0.2) is 45.8 Å². The Kier molecular flexibility index (Phi) is 5.59. The van der Waals surface area contributed by atoms with Crippen LogP contribution in [0.2, 0.25) is 0 Å². The van der Waals surface area contributed by atoms with Gasteiger partial charge >= 0.3 is 5.97 Å². The molecule has 0 aliphatic heterocycles. The largest absolute Gasteiger partial charge is 0.481 e. The molecular weight excluding hydrogens is 220 g/mol. The van der Waals surface area contributed by atoms with Crippen LogP contribution in [0.1, 0.15) is 18.4 Å². The second-order valence-electron chi connectivity index (χ2n) is 4.14. The van der Waals surface area contributed by atoms with Crippen molar-refractivity contribution in [3.8, 4) is 0 Å². The van der Waals surface area contributed by atoms with Gasteiger partial charge in [-0.25, -0.2) is 0 Å². The Bertz CT molecular complexity index is 343. The van der Waals surface area contributed by atoms with Crippen LogP contribution in [0, 0.1) is 0 Å². The summed E-state index contributed by atoms with van der Waals surface area (Å²) in [6.07, 6.45) is 3.15. The number of aliphatic hydroxyl groups is 1. The van der Waals surface area contributed by atoms with Crippen LogP contribution in [0.3, 0.4) is 0 Å². The molecule has 94 valence electrons. The molecule has 1 aromatic rings. The Balaban J connectivity index is 2.29. The van der Waals surface area contributed by atoms with E-state index in [2.05, 4.69) is 4.98 Å². The predicted molar refractivity (Wildman–Crippen MR) is 63.4 cm³/mol. The van der Waals surface area contributed by atoms with Crippen molar-refractivity contribution >= 4 is 5.97 Å². The average molecular weight is 238 g/mol. The van der Waals surface area contributed by atoms with Crippen LogP contribution >= 0.6 is 0 Å². The molecule has 1 rings (SSSR count). The quantitative estimate of drug-likeness (QED) is 0.733. The summed E-state index contributed by atoms with van der Waals surface area (Å²) < 4.78 is 0. The number of aliphatic carboxylic acids is 1. The molecule has 0 bridgehead atoms. The molecule has 0 aliphatic rings. The Hall–Kier alpha value is -1.46. The minimum Gasteiger partial charge on any atom is -0.481 e. The first kappa shape index (κ1) is 13.6. The number of aromatic nitrogens is 1. The van der Waals surface area contributed by atoms with Crippen molar-refractivity contribution in [2.24, 2.45) is 0 Å². The van der Waals surface area contributed by atoms with E-state index in [1.807, 2.05) is 24.1 Å². The maximum Gasteiger partial charge on any atom is 0.303 e. The third-order valence-electron chi connectivity index (χ3n) is 2.42. The number of rotatable bonds is 7. The molecule has 0 radical (unpaired) electrons. The van der Waals surface area contributed by atoms with Gasteiger partial charge in [0.15, 0.2) is 0 Å². The highest BCUT2D eigenvalue weighted by atomic mass is 16.4. The van der Waals surface area contributed by atoms with Gasteiger partial charge in [-0.3, -0.25) is 14.7 Å². The fourth-order valence-electron chi connectivity index (χ4n) is 1.61. The zero-order valence-corrected chi connectivity index (χ0v) is 9.91. The number of nitrogens with zero attached hydrogens (tertiary/aromatic N) is 2. The third kappa shape index (κ3) is 5.99. The minimum absolute atomic E-state index is 0.00423. The van der Waals surface area contributed by atoms with E-state index >= 15 is 0 Å². The lowest BCUT2D eigenvalue weighted by Gasteiger charge is -2.20. The lowest BCUT2D eigenvalue weighted by atomic mass is 10.2. The Labute approximate surface area is 101 Å². The van der Waals surface area contributed by atoms with Gasteiger partial charge in [-0.1, -0.05) is 0 Å². The number of carboxylic acid groups (broad SMARTS) is 1. The fourth-order valence-corrected chi connectivity index (χ4v) is 1.61. The maximum absolute atomic E-state index is 10.3. The molecule has 1 atom stereocenters. The van der Waals surface area contributed by atoms with Crippen LogP contribution in [0.25, 0.3) is 0 Å². The van der Waals surface area contributed by atoms with Crippen molar-refractivity contribution in [3.05, 3.63) is 30.1 Å². The summed E-state index contributed by atoms with van der Waals surface area (Å²) in [5, 5.41) is 18.1. The van der Waals surface area contributed by atoms with Crippen molar-refractivity contribution in [1.29, 1.82) is 0 Å². The summed E-state index contributed by atoms with van der Waals surface area (Å²) in [6, 6.07) is 3.83. The molecule has 1 unspecified atom stereocenters. The van der Waals surface area contributed by atoms with E-state index in [1.54, 1.807) is 12.4 Å². The molecule has 0 saturated heterocycles. The van der Waals surface area contributed by atoms with Crippen molar-refractivity contribution in [2.45, 2.75) is 25.5 Å². The first-order chi connectivity index (χ1) is 8.08. The number of hydrogen-bond acceptors (Lipinski definition) is 4. The zero-order valence-electron chi connectivity index (χ0n) is 9.91. The first-order valence-electron chi connectivity index (χ1n) is 5.55. The fraction of sp³-hybridized carbons (Fsp3) is 0.500. The van der Waals surface area contributed by atoms with Gasteiger partial charge in [-0.2, -0.15) is 0 Å². The third-order valence-corrected chi connectivity index (χ3v) is 2.42. The van der Waals surface area contributed by atoms with E-state index in [0.29, 0.717) is 13.1 Å². The van der Waals surface area contributed by atoms with Crippen LogP contribution in [0.4, 0.5) is 0 Å². The Morgan fingerprint density at radius 1 is 1.47 bits per heavy atom. The minimum atomic E-state index is -0.874. The monoisotopic (exact) mass is 238 g/mol. The second-order valence-corrected chi connectivity index (χ2v) is 4.14. The highest BCUT2D eigenvalue weighted by Crippen LogP contribution is 2.04. The van der Waals surface area contributed by atoms with Crippen molar-refractivity contribution in [1.82, 2.24) is 9.88 Å². The van der Waals surface area contributed by atoms with Gasteiger partial charge in [0.05, 0.1) is 6.10 Å². The zero-order chi connectivity index (χ0) is 12.7. The normalized spacial score (nSPS) is 12.6. The van der Waals surface area contributed by atoms with E-state index in [9.17, 15) is 9.90 Å². The highest BCUT2D eigenvalue weighted by Gasteiger charge is 2.10. The summed E-state index contributed by atoms with van der Waals surface area (Å²) in [5.41, 5.74) is 1.12. The molecule has 5 nitrogen and oxygen atoms in total. The van der Waals surface area contributed by atoms with Gasteiger partial charge in [0.1, 0.15) is 0 Å². The summed E-state index contributed by atoms with van der Waals surface area (Å²) in [5.74, 6) is -0.874. The van der Waals surface area contributed by atoms with Crippen LogP contribution in [-0.2, 0) is 11.3 Å². The number of carbonyl (C=O) groups is 1. The second kappa shape index (κ2) is 6.98. The number of pyridine rings is 1. The standard InChI is InChI=1S/C12H18N2O3/c1-14(8-10-4-6-13-7-5-10)9-11(15)2-3-12(16)17/h4-7,11,15H,2-3,8-9H2,1H3,(H,16,17). The van der Waals surface area contributed by atoms with Crippen molar-refractivity contribution < 1.29 is 15.0 Å². The van der Waals surface area contributed by atoms with Gasteiger partial charge in [0, 0.05) is 31.9 Å². The molecular formula is C12H18N2O3. The summed E-state index contributed by atoms with van der Waals surface area (Å²) in [6.45, 7) is 1.18. The molecule has 0 spiro atoms. The van der Waals surface area contributed by atoms with Gasteiger partial charge < -0.3 is 10.2 Å². The van der Waals surface area contributed by atoms with Crippen LogP contribution < -0.4 is 0 Å². The Morgan fingerprint density at radius 3 is 2.71 bits per heavy atom. The van der Waals surface area contributed by atoms with Gasteiger partial charge in [0.25, 0.3) is 0 Å². The molecule has 1 aromatic heterocycles. The molecule has 0 saturated carbocycles. The van der Waals surface area contributed by atoms with Gasteiger partial charge in [0.2, 0.25) is 0 Å². The number of carboxylic acids is 1. The molecule has 5 heteroatoms. The molecule has 17 heavy (non-hydrogen) atoms. The van der Waals surface area contributed by atoms with Crippen LogP contribution in [0.5, 0.6) is 0 Å². The van der Waals surface area contributed by atoms with E-state index in [-0.39, 0.29) is 12.8 Å². The molecule has 0 amide bonds. The topological polar surface area (TPSA) is 73.7 Å². The van der Waals surface area contributed by atoms with E-state index < -0.39 is 12.1 Å². The van der Waals surface area contributed by atoms with E-state index in [0.717, 1.165) is 5.56 Å². The number of likely N-dealkylation sites (N-methyl/N-ethyl adjacent to an activating group) is 1. The lowest BCUT2D eigenvalue weighted by Crippen LogP contribution is -2.29.